The monoisotopic (exact) mass is 505 g/mol. The van der Waals surface area contributed by atoms with E-state index in [1.54, 1.807) is 31.2 Å². The predicted molar refractivity (Wildman–Crippen MR) is 123 cm³/mol. The molecule has 10 heteroatoms. The fourth-order valence-electron chi connectivity index (χ4n) is 2.91. The Bertz CT molecular complexity index is 1200. The van der Waals surface area contributed by atoms with Crippen LogP contribution in [0.2, 0.25) is 0 Å². The van der Waals surface area contributed by atoms with Crippen molar-refractivity contribution in [3.8, 4) is 11.5 Å². The van der Waals surface area contributed by atoms with Gasteiger partial charge in [-0.2, -0.15) is 10.1 Å². The number of benzene rings is 2. The van der Waals surface area contributed by atoms with Crippen molar-refractivity contribution in [1.29, 1.82) is 0 Å². The van der Waals surface area contributed by atoms with Gasteiger partial charge in [0.1, 0.15) is 6.61 Å². The molecule has 0 fully saturated rings. The molecule has 8 nitrogen and oxygen atoms in total. The first kappa shape index (κ1) is 22.7. The molecule has 0 atom stereocenters. The van der Waals surface area contributed by atoms with Crippen molar-refractivity contribution >= 4 is 49.3 Å². The van der Waals surface area contributed by atoms with E-state index in [1.807, 2.05) is 0 Å². The first-order chi connectivity index (χ1) is 14.7. The van der Waals surface area contributed by atoms with Gasteiger partial charge in [-0.15, -0.1) is 0 Å². The number of primary sulfonamides is 1. The molecule has 0 saturated heterocycles. The van der Waals surface area contributed by atoms with Crippen molar-refractivity contribution in [3.05, 3.63) is 64.7 Å². The zero-order chi connectivity index (χ0) is 22.8. The van der Waals surface area contributed by atoms with Gasteiger partial charge in [0.2, 0.25) is 10.0 Å². The summed E-state index contributed by atoms with van der Waals surface area (Å²) in [7, 11) is -2.29. The number of carbonyl (C=O) groups excluding carboxylic acids is 1. The molecule has 0 radical (unpaired) electrons. The maximum atomic E-state index is 13.0. The maximum absolute atomic E-state index is 13.0. The Hall–Kier alpha value is -2.95. The minimum atomic E-state index is -3.82. The lowest BCUT2D eigenvalue weighted by molar-refractivity contribution is -0.114. The summed E-state index contributed by atoms with van der Waals surface area (Å²) in [5.41, 5.74) is 2.04. The van der Waals surface area contributed by atoms with Crippen LogP contribution in [0.25, 0.3) is 6.08 Å². The smallest absolute Gasteiger partial charge is 0.280 e. The molecule has 2 N–H and O–H groups in total. The number of rotatable bonds is 7. The van der Waals surface area contributed by atoms with E-state index < -0.39 is 10.0 Å². The summed E-state index contributed by atoms with van der Waals surface area (Å²) in [6.07, 6.45) is 3.33. The fraction of sp³-hybridized carbons (Fsp3) is 0.143. The standard InChI is InChI=1S/C21H20BrN3O5S/c1-4-9-30-20-18(22)11-14(12-19(20)29-3)10-17-13(2)24-25(21(17)26)15-5-7-16(8-6-15)31(23,27)28/h4-8,10-12H,1,9H2,2-3H3,(H2,23,27,28)/b17-10-. The second-order valence-corrected chi connectivity index (χ2v) is 8.95. The first-order valence-electron chi connectivity index (χ1n) is 9.01. The Kier molecular flexibility index (Phi) is 6.63. The van der Waals surface area contributed by atoms with Gasteiger partial charge < -0.3 is 9.47 Å². The molecule has 1 heterocycles. The minimum absolute atomic E-state index is 0.0462. The molecule has 2 aromatic rings. The highest BCUT2D eigenvalue weighted by Crippen LogP contribution is 2.37. The summed E-state index contributed by atoms with van der Waals surface area (Å²) in [4.78, 5) is 12.9. The molecular weight excluding hydrogens is 486 g/mol. The summed E-state index contributed by atoms with van der Waals surface area (Å²) >= 11 is 3.47. The SMILES string of the molecule is C=CCOc1c(Br)cc(/C=C2\C(=O)N(c3ccc(S(N)(=O)=O)cc3)N=C2C)cc1OC. The number of halogens is 1. The molecule has 0 aromatic heterocycles. The van der Waals surface area contributed by atoms with Gasteiger partial charge in [0, 0.05) is 0 Å². The number of ether oxygens (including phenoxy) is 2. The highest BCUT2D eigenvalue weighted by atomic mass is 79.9. The van der Waals surface area contributed by atoms with E-state index in [4.69, 9.17) is 14.6 Å². The van der Waals surface area contributed by atoms with E-state index in [2.05, 4.69) is 27.6 Å². The number of anilines is 1. The van der Waals surface area contributed by atoms with E-state index in [0.717, 1.165) is 0 Å². The molecule has 0 spiro atoms. The number of carbonyl (C=O) groups is 1. The Morgan fingerprint density at radius 2 is 1.94 bits per heavy atom. The van der Waals surface area contributed by atoms with Crippen molar-refractivity contribution in [3.63, 3.8) is 0 Å². The summed E-state index contributed by atoms with van der Waals surface area (Å²) in [6, 6.07) is 9.16. The summed E-state index contributed by atoms with van der Waals surface area (Å²) in [5.74, 6) is 0.686. The van der Waals surface area contributed by atoms with Gasteiger partial charge in [0.25, 0.3) is 5.91 Å². The minimum Gasteiger partial charge on any atom is -0.493 e. The molecule has 31 heavy (non-hydrogen) atoms. The third-order valence-electron chi connectivity index (χ3n) is 4.38. The van der Waals surface area contributed by atoms with Crippen LogP contribution in [0.15, 0.2) is 69.1 Å². The molecule has 0 unspecified atom stereocenters. The van der Waals surface area contributed by atoms with Gasteiger partial charge >= 0.3 is 0 Å². The molecule has 0 bridgehead atoms. The van der Waals surface area contributed by atoms with Crippen LogP contribution in [0, 0.1) is 0 Å². The number of nitrogens with two attached hydrogens (primary N) is 1. The lowest BCUT2D eigenvalue weighted by Crippen LogP contribution is -2.21. The quantitative estimate of drug-likeness (QED) is 0.457. The van der Waals surface area contributed by atoms with E-state index in [-0.39, 0.29) is 10.8 Å². The van der Waals surface area contributed by atoms with Gasteiger partial charge in [-0.1, -0.05) is 12.7 Å². The largest absolute Gasteiger partial charge is 0.493 e. The fourth-order valence-corrected chi connectivity index (χ4v) is 4.00. The van der Waals surface area contributed by atoms with Crippen molar-refractivity contribution in [2.45, 2.75) is 11.8 Å². The van der Waals surface area contributed by atoms with Gasteiger partial charge in [-0.3, -0.25) is 4.79 Å². The highest BCUT2D eigenvalue weighted by molar-refractivity contribution is 9.10. The molecular formula is C21H20BrN3O5S. The predicted octanol–water partition coefficient (Wildman–Crippen LogP) is 3.48. The molecule has 2 aromatic carbocycles. The second kappa shape index (κ2) is 9.04. The van der Waals surface area contributed by atoms with Gasteiger partial charge in [-0.05, 0) is 70.9 Å². The second-order valence-electron chi connectivity index (χ2n) is 6.53. The Morgan fingerprint density at radius 3 is 2.52 bits per heavy atom. The van der Waals surface area contributed by atoms with Gasteiger partial charge in [-0.25, -0.2) is 13.6 Å². The van der Waals surface area contributed by atoms with E-state index in [0.29, 0.717) is 45.1 Å². The summed E-state index contributed by atoms with van der Waals surface area (Å²) in [6.45, 7) is 5.67. The van der Waals surface area contributed by atoms with Crippen molar-refractivity contribution in [2.24, 2.45) is 10.2 Å². The zero-order valence-electron chi connectivity index (χ0n) is 16.8. The number of nitrogens with zero attached hydrogens (tertiary/aromatic N) is 2. The van der Waals surface area contributed by atoms with Crippen LogP contribution >= 0.6 is 15.9 Å². The average molecular weight is 506 g/mol. The Labute approximate surface area is 188 Å². The third-order valence-corrected chi connectivity index (χ3v) is 5.90. The van der Waals surface area contributed by atoms with E-state index >= 15 is 0 Å². The van der Waals surface area contributed by atoms with Crippen molar-refractivity contribution in [2.75, 3.05) is 18.7 Å². The number of sulfonamides is 1. The topological polar surface area (TPSA) is 111 Å². The summed E-state index contributed by atoms with van der Waals surface area (Å²) in [5, 5.41) is 10.6. The normalized spacial score (nSPS) is 15.2. The lowest BCUT2D eigenvalue weighted by Gasteiger charge is -2.13. The zero-order valence-corrected chi connectivity index (χ0v) is 19.2. The van der Waals surface area contributed by atoms with Crippen LogP contribution in [0.4, 0.5) is 5.69 Å². The molecule has 1 amide bonds. The average Bonchev–Trinajstić information content (AvgIpc) is 3.00. The number of hydrogen-bond donors (Lipinski definition) is 1. The number of hydrogen-bond acceptors (Lipinski definition) is 6. The van der Waals surface area contributed by atoms with Crippen LogP contribution < -0.4 is 19.6 Å². The van der Waals surface area contributed by atoms with Gasteiger partial charge in [0.05, 0.1) is 33.5 Å². The van der Waals surface area contributed by atoms with E-state index in [1.165, 1.54) is 36.4 Å². The van der Waals surface area contributed by atoms with E-state index in [9.17, 15) is 13.2 Å². The van der Waals surface area contributed by atoms with Crippen LogP contribution in [-0.4, -0.2) is 33.8 Å². The molecule has 1 aliphatic rings. The van der Waals surface area contributed by atoms with Crippen molar-refractivity contribution < 1.29 is 22.7 Å². The molecule has 0 saturated carbocycles. The molecule has 0 aliphatic carbocycles. The lowest BCUT2D eigenvalue weighted by atomic mass is 10.1. The number of amides is 1. The molecule has 1 aliphatic heterocycles. The maximum Gasteiger partial charge on any atom is 0.280 e. The van der Waals surface area contributed by atoms with Crippen molar-refractivity contribution in [1.82, 2.24) is 0 Å². The van der Waals surface area contributed by atoms with Crippen LogP contribution in [0.3, 0.4) is 0 Å². The van der Waals surface area contributed by atoms with Crippen LogP contribution in [-0.2, 0) is 14.8 Å². The van der Waals surface area contributed by atoms with Gasteiger partial charge in [0.15, 0.2) is 11.5 Å². The van der Waals surface area contributed by atoms with Crippen LogP contribution in [0.5, 0.6) is 11.5 Å². The first-order valence-corrected chi connectivity index (χ1v) is 11.4. The molecule has 3 rings (SSSR count). The number of methoxy groups -OCH3 is 1. The highest BCUT2D eigenvalue weighted by Gasteiger charge is 2.29. The number of hydrazone groups is 1. The van der Waals surface area contributed by atoms with Crippen LogP contribution in [0.1, 0.15) is 12.5 Å². The summed E-state index contributed by atoms with van der Waals surface area (Å²) < 4.78 is 34.6. The Balaban J connectivity index is 1.93. The molecule has 162 valence electrons. The third kappa shape index (κ3) is 4.87. The Morgan fingerprint density at radius 1 is 1.26 bits per heavy atom.